The van der Waals surface area contributed by atoms with Crippen molar-refractivity contribution in [3.63, 3.8) is 0 Å². The van der Waals surface area contributed by atoms with Crippen molar-refractivity contribution >= 4 is 40.6 Å². The van der Waals surface area contributed by atoms with Gasteiger partial charge in [0, 0.05) is 19.8 Å². The van der Waals surface area contributed by atoms with E-state index in [9.17, 15) is 4.79 Å². The van der Waals surface area contributed by atoms with Gasteiger partial charge in [-0.2, -0.15) is 0 Å². The molecule has 88 valence electrons. The van der Waals surface area contributed by atoms with Crippen LogP contribution in [0.1, 0.15) is 10.4 Å². The third kappa shape index (κ3) is 2.87. The van der Waals surface area contributed by atoms with Crippen molar-refractivity contribution in [2.45, 2.75) is 6.29 Å². The van der Waals surface area contributed by atoms with Crippen LogP contribution in [0.4, 0.5) is 0 Å². The maximum Gasteiger partial charge on any atom is 0.222 e. The van der Waals surface area contributed by atoms with Gasteiger partial charge in [-0.3, -0.25) is 4.79 Å². The molecule has 0 aliphatic carbocycles. The Kier molecular flexibility index (Phi) is 5.02. The van der Waals surface area contributed by atoms with Crippen LogP contribution in [0.15, 0.2) is 12.1 Å². The predicted octanol–water partition coefficient (Wildman–Crippen LogP) is 3.45. The second kappa shape index (κ2) is 5.84. The molecule has 1 aromatic rings. The van der Waals surface area contributed by atoms with Crippen molar-refractivity contribution in [1.82, 2.24) is 0 Å². The number of halogens is 3. The molecule has 0 fully saturated rings. The lowest BCUT2D eigenvalue weighted by molar-refractivity contribution is -0.0742. The molecule has 3 nitrogen and oxygen atoms in total. The van der Waals surface area contributed by atoms with Crippen LogP contribution in [0, 0.1) is 0 Å². The van der Waals surface area contributed by atoms with Gasteiger partial charge in [0.15, 0.2) is 0 Å². The Morgan fingerprint density at radius 2 is 1.56 bits per heavy atom. The van der Waals surface area contributed by atoms with Gasteiger partial charge in [-0.05, 0) is 12.1 Å². The molecule has 0 spiro atoms. The third-order valence-electron chi connectivity index (χ3n) is 1.92. The molecule has 0 saturated carbocycles. The molecular formula is C10H9Cl3O3. The fraction of sp³-hybridized carbons (Fsp3) is 0.300. The highest BCUT2D eigenvalue weighted by molar-refractivity contribution is 6.44. The highest BCUT2D eigenvalue weighted by Gasteiger charge is 2.22. The number of ether oxygens (including phenoxy) is 2. The lowest BCUT2D eigenvalue weighted by Gasteiger charge is -2.13. The Bertz CT molecular complexity index is 403. The van der Waals surface area contributed by atoms with Gasteiger partial charge in [0.1, 0.15) is 0 Å². The van der Waals surface area contributed by atoms with Crippen LogP contribution in [0.5, 0.6) is 0 Å². The van der Waals surface area contributed by atoms with E-state index >= 15 is 0 Å². The summed E-state index contributed by atoms with van der Waals surface area (Å²) in [4.78, 5) is 11.9. The molecule has 0 saturated heterocycles. The number of methoxy groups -OCH3 is 2. The van der Waals surface area contributed by atoms with E-state index in [1.54, 1.807) is 0 Å². The normalized spacial score (nSPS) is 10.9. The van der Waals surface area contributed by atoms with Crippen molar-refractivity contribution < 1.29 is 14.3 Å². The Labute approximate surface area is 108 Å². The summed E-state index contributed by atoms with van der Waals surface area (Å²) in [6, 6.07) is 2.79. The van der Waals surface area contributed by atoms with E-state index in [1.165, 1.54) is 26.4 Å². The fourth-order valence-electron chi connectivity index (χ4n) is 1.15. The summed E-state index contributed by atoms with van der Waals surface area (Å²) in [6.45, 7) is 0. The van der Waals surface area contributed by atoms with E-state index in [0.29, 0.717) is 0 Å². The second-order valence-corrected chi connectivity index (χ2v) is 4.14. The highest BCUT2D eigenvalue weighted by atomic mass is 35.5. The first-order valence-corrected chi connectivity index (χ1v) is 5.39. The Morgan fingerprint density at radius 1 is 1.06 bits per heavy atom. The largest absolute Gasteiger partial charge is 0.349 e. The molecule has 0 aliphatic heterocycles. The molecule has 1 aromatic carbocycles. The highest BCUT2D eigenvalue weighted by Crippen LogP contribution is 2.29. The minimum absolute atomic E-state index is 0.207. The lowest BCUT2D eigenvalue weighted by atomic mass is 10.1. The molecule has 0 aromatic heterocycles. The summed E-state index contributed by atoms with van der Waals surface area (Å²) in [6.07, 6.45) is -1.00. The van der Waals surface area contributed by atoms with E-state index in [1.807, 2.05) is 0 Å². The van der Waals surface area contributed by atoms with Crippen LogP contribution in [-0.4, -0.2) is 26.3 Å². The van der Waals surface area contributed by atoms with Crippen molar-refractivity contribution in [3.8, 4) is 0 Å². The SMILES string of the molecule is COC(OC)C(=O)c1cc(Cl)c(Cl)cc1Cl. The molecule has 0 amide bonds. The molecule has 0 radical (unpaired) electrons. The predicted molar refractivity (Wildman–Crippen MR) is 63.6 cm³/mol. The van der Waals surface area contributed by atoms with Gasteiger partial charge in [0.25, 0.3) is 0 Å². The zero-order valence-electron chi connectivity index (χ0n) is 8.59. The average molecular weight is 284 g/mol. The number of carbonyl (C=O) groups excluding carboxylic acids is 1. The average Bonchev–Trinajstić information content (AvgIpc) is 2.25. The molecule has 0 heterocycles. The number of hydrogen-bond acceptors (Lipinski definition) is 3. The molecule has 6 heteroatoms. The summed E-state index contributed by atoms with van der Waals surface area (Å²) in [5.74, 6) is -0.409. The van der Waals surface area contributed by atoms with E-state index in [0.717, 1.165) is 0 Å². The van der Waals surface area contributed by atoms with Crippen molar-refractivity contribution in [2.75, 3.05) is 14.2 Å². The van der Waals surface area contributed by atoms with Gasteiger partial charge in [-0.1, -0.05) is 34.8 Å². The molecular weight excluding hydrogens is 274 g/mol. The second-order valence-electron chi connectivity index (χ2n) is 2.91. The van der Waals surface area contributed by atoms with E-state index in [-0.39, 0.29) is 20.6 Å². The summed E-state index contributed by atoms with van der Waals surface area (Å²) < 4.78 is 9.67. The van der Waals surface area contributed by atoms with Crippen LogP contribution in [0.3, 0.4) is 0 Å². The Hall–Kier alpha value is -0.320. The Morgan fingerprint density at radius 3 is 2.06 bits per heavy atom. The Balaban J connectivity index is 3.13. The number of rotatable bonds is 4. The first-order chi connectivity index (χ1) is 7.51. The van der Waals surface area contributed by atoms with Gasteiger partial charge < -0.3 is 9.47 Å². The van der Waals surface area contributed by atoms with Crippen LogP contribution < -0.4 is 0 Å². The first-order valence-electron chi connectivity index (χ1n) is 4.25. The van der Waals surface area contributed by atoms with Crippen molar-refractivity contribution in [2.24, 2.45) is 0 Å². The number of Topliss-reactive ketones (excluding diaryl/α,β-unsaturated/α-hetero) is 1. The number of ketones is 1. The molecule has 16 heavy (non-hydrogen) atoms. The molecule has 0 atom stereocenters. The zero-order valence-corrected chi connectivity index (χ0v) is 10.9. The minimum atomic E-state index is -1.00. The summed E-state index contributed by atoms with van der Waals surface area (Å²) in [5, 5.41) is 0.744. The van der Waals surface area contributed by atoms with E-state index in [4.69, 9.17) is 44.3 Å². The standard InChI is InChI=1S/C10H9Cl3O3/c1-15-10(16-2)9(14)5-3-7(12)8(13)4-6(5)11/h3-4,10H,1-2H3. The minimum Gasteiger partial charge on any atom is -0.349 e. The third-order valence-corrected chi connectivity index (χ3v) is 2.95. The number of benzene rings is 1. The van der Waals surface area contributed by atoms with E-state index in [2.05, 4.69) is 0 Å². The summed E-state index contributed by atoms with van der Waals surface area (Å²) in [5.41, 5.74) is 0.213. The van der Waals surface area contributed by atoms with Crippen LogP contribution in [-0.2, 0) is 9.47 Å². The van der Waals surface area contributed by atoms with Crippen LogP contribution in [0.2, 0.25) is 15.1 Å². The fourth-order valence-corrected chi connectivity index (χ4v) is 1.79. The molecule has 0 unspecified atom stereocenters. The van der Waals surface area contributed by atoms with Crippen LogP contribution >= 0.6 is 34.8 Å². The molecule has 0 N–H and O–H groups in total. The monoisotopic (exact) mass is 282 g/mol. The topological polar surface area (TPSA) is 35.5 Å². The molecule has 0 bridgehead atoms. The van der Waals surface area contributed by atoms with Gasteiger partial charge in [0.2, 0.25) is 12.1 Å². The van der Waals surface area contributed by atoms with Crippen molar-refractivity contribution in [1.29, 1.82) is 0 Å². The van der Waals surface area contributed by atoms with Gasteiger partial charge >= 0.3 is 0 Å². The molecule has 0 aliphatic rings. The van der Waals surface area contributed by atoms with E-state index < -0.39 is 12.1 Å². The zero-order chi connectivity index (χ0) is 12.3. The van der Waals surface area contributed by atoms with Gasteiger partial charge in [-0.25, -0.2) is 0 Å². The van der Waals surface area contributed by atoms with Gasteiger partial charge in [-0.15, -0.1) is 0 Å². The molecule has 1 rings (SSSR count). The maximum absolute atomic E-state index is 11.9. The lowest BCUT2D eigenvalue weighted by Crippen LogP contribution is -2.25. The summed E-state index contributed by atoms with van der Waals surface area (Å²) >= 11 is 17.4. The quantitative estimate of drug-likeness (QED) is 0.482. The van der Waals surface area contributed by atoms with Gasteiger partial charge in [0.05, 0.1) is 15.1 Å². The summed E-state index contributed by atoms with van der Waals surface area (Å²) in [7, 11) is 2.72. The number of hydrogen-bond donors (Lipinski definition) is 0. The number of carbonyl (C=O) groups is 1. The first kappa shape index (κ1) is 13.7. The van der Waals surface area contributed by atoms with Crippen molar-refractivity contribution in [3.05, 3.63) is 32.8 Å². The maximum atomic E-state index is 11.9. The van der Waals surface area contributed by atoms with Crippen LogP contribution in [0.25, 0.3) is 0 Å². The smallest absolute Gasteiger partial charge is 0.222 e.